The van der Waals surface area contributed by atoms with Crippen molar-refractivity contribution in [2.75, 3.05) is 5.32 Å². The van der Waals surface area contributed by atoms with Gasteiger partial charge in [0.05, 0.1) is 0 Å². The summed E-state index contributed by atoms with van der Waals surface area (Å²) in [5, 5.41) is 2.84. The van der Waals surface area contributed by atoms with Gasteiger partial charge in [-0.15, -0.1) is 0 Å². The van der Waals surface area contributed by atoms with Crippen molar-refractivity contribution < 1.29 is 4.79 Å². The van der Waals surface area contributed by atoms with E-state index in [0.29, 0.717) is 22.8 Å². The fourth-order valence-corrected chi connectivity index (χ4v) is 2.53. The van der Waals surface area contributed by atoms with Gasteiger partial charge in [0, 0.05) is 33.0 Å². The number of amides is 1. The molecule has 0 aliphatic carbocycles. The molecule has 0 aliphatic heterocycles. The van der Waals surface area contributed by atoms with E-state index in [1.54, 1.807) is 37.3 Å². The molecule has 0 saturated heterocycles. The van der Waals surface area contributed by atoms with Gasteiger partial charge in [-0.1, -0.05) is 28.1 Å². The van der Waals surface area contributed by atoms with Gasteiger partial charge in [0.25, 0.3) is 11.5 Å². The molecule has 120 valence electrons. The standard InChI is InChI=1S/C18H14BrN3O2/c1-11-9-16(23)22-17(20-11)13-3-2-4-15(10-13)21-18(24)12-5-7-14(19)8-6-12/h2-10H,1H3,(H,21,24)(H,20,22,23). The molecule has 1 aromatic heterocycles. The Morgan fingerprint density at radius 2 is 1.88 bits per heavy atom. The average Bonchev–Trinajstić information content (AvgIpc) is 2.55. The van der Waals surface area contributed by atoms with Crippen LogP contribution in [0.15, 0.2) is 63.9 Å². The molecule has 24 heavy (non-hydrogen) atoms. The molecular formula is C18H14BrN3O2. The highest BCUT2D eigenvalue weighted by Crippen LogP contribution is 2.20. The Hall–Kier alpha value is -2.73. The summed E-state index contributed by atoms with van der Waals surface area (Å²) in [6.45, 7) is 1.76. The zero-order chi connectivity index (χ0) is 17.1. The van der Waals surface area contributed by atoms with Gasteiger partial charge in [0.15, 0.2) is 0 Å². The minimum absolute atomic E-state index is 0.203. The second-order valence-electron chi connectivity index (χ2n) is 5.28. The predicted octanol–water partition coefficient (Wildman–Crippen LogP) is 3.76. The number of halogens is 1. The second kappa shape index (κ2) is 6.80. The number of aromatic amines is 1. The number of H-pyrrole nitrogens is 1. The number of carbonyl (C=O) groups is 1. The van der Waals surface area contributed by atoms with Crippen LogP contribution < -0.4 is 10.9 Å². The molecule has 0 atom stereocenters. The van der Waals surface area contributed by atoms with Crippen LogP contribution in [0.5, 0.6) is 0 Å². The molecule has 5 nitrogen and oxygen atoms in total. The van der Waals surface area contributed by atoms with Crippen molar-refractivity contribution in [1.82, 2.24) is 9.97 Å². The summed E-state index contributed by atoms with van der Waals surface area (Å²) < 4.78 is 0.913. The molecule has 0 aliphatic rings. The molecule has 0 saturated carbocycles. The highest BCUT2D eigenvalue weighted by atomic mass is 79.9. The molecule has 3 rings (SSSR count). The number of hydrogen-bond acceptors (Lipinski definition) is 3. The molecule has 0 unspecified atom stereocenters. The highest BCUT2D eigenvalue weighted by Gasteiger charge is 2.08. The number of nitrogens with zero attached hydrogens (tertiary/aromatic N) is 1. The zero-order valence-corrected chi connectivity index (χ0v) is 14.4. The monoisotopic (exact) mass is 383 g/mol. The summed E-state index contributed by atoms with van der Waals surface area (Å²) in [5.74, 6) is 0.269. The minimum atomic E-state index is -0.207. The lowest BCUT2D eigenvalue weighted by Crippen LogP contribution is -2.12. The SMILES string of the molecule is Cc1cc(=O)[nH]c(-c2cccc(NC(=O)c3ccc(Br)cc3)c2)n1. The van der Waals surface area contributed by atoms with E-state index in [1.807, 2.05) is 18.2 Å². The fraction of sp³-hybridized carbons (Fsp3) is 0.0556. The number of carbonyl (C=O) groups excluding carboxylic acids is 1. The Kier molecular flexibility index (Phi) is 4.57. The van der Waals surface area contributed by atoms with Crippen LogP contribution in [0.3, 0.4) is 0 Å². The Morgan fingerprint density at radius 1 is 1.12 bits per heavy atom. The van der Waals surface area contributed by atoms with Crippen LogP contribution in [-0.2, 0) is 0 Å². The molecule has 0 bridgehead atoms. The Bertz CT molecular complexity index is 949. The molecule has 2 N–H and O–H groups in total. The number of aryl methyl sites for hydroxylation is 1. The molecule has 1 heterocycles. The van der Waals surface area contributed by atoms with Crippen molar-refractivity contribution in [2.45, 2.75) is 6.92 Å². The number of hydrogen-bond donors (Lipinski definition) is 2. The van der Waals surface area contributed by atoms with Crippen molar-refractivity contribution in [3.63, 3.8) is 0 Å². The quantitative estimate of drug-likeness (QED) is 0.722. The van der Waals surface area contributed by atoms with E-state index in [-0.39, 0.29) is 11.5 Å². The van der Waals surface area contributed by atoms with Gasteiger partial charge >= 0.3 is 0 Å². The summed E-state index contributed by atoms with van der Waals surface area (Å²) in [7, 11) is 0. The van der Waals surface area contributed by atoms with Crippen LogP contribution in [0.1, 0.15) is 16.1 Å². The van der Waals surface area contributed by atoms with Crippen molar-refractivity contribution in [3.8, 4) is 11.4 Å². The van der Waals surface area contributed by atoms with E-state index in [2.05, 4.69) is 31.2 Å². The molecule has 2 aromatic carbocycles. The van der Waals surface area contributed by atoms with Gasteiger partial charge in [0.2, 0.25) is 0 Å². The molecule has 0 radical (unpaired) electrons. The number of aromatic nitrogens is 2. The van der Waals surface area contributed by atoms with Crippen molar-refractivity contribution >= 4 is 27.5 Å². The van der Waals surface area contributed by atoms with Crippen molar-refractivity contribution in [3.05, 3.63) is 80.7 Å². The first kappa shape index (κ1) is 16.1. The average molecular weight is 384 g/mol. The molecule has 1 amide bonds. The predicted molar refractivity (Wildman–Crippen MR) is 97.1 cm³/mol. The fourth-order valence-electron chi connectivity index (χ4n) is 2.26. The summed E-state index contributed by atoms with van der Waals surface area (Å²) in [6.07, 6.45) is 0. The third kappa shape index (κ3) is 3.78. The smallest absolute Gasteiger partial charge is 0.255 e. The Balaban J connectivity index is 1.86. The Morgan fingerprint density at radius 3 is 2.58 bits per heavy atom. The second-order valence-corrected chi connectivity index (χ2v) is 6.19. The van der Waals surface area contributed by atoms with Gasteiger partial charge in [-0.05, 0) is 43.3 Å². The van der Waals surface area contributed by atoms with E-state index < -0.39 is 0 Å². The number of rotatable bonds is 3. The van der Waals surface area contributed by atoms with Crippen molar-refractivity contribution in [1.29, 1.82) is 0 Å². The molecule has 0 fully saturated rings. The van der Waals surface area contributed by atoms with E-state index in [4.69, 9.17) is 0 Å². The van der Waals surface area contributed by atoms with Crippen molar-refractivity contribution in [2.24, 2.45) is 0 Å². The number of anilines is 1. The van der Waals surface area contributed by atoms with Crippen LogP contribution in [0, 0.1) is 6.92 Å². The largest absolute Gasteiger partial charge is 0.322 e. The topological polar surface area (TPSA) is 74.8 Å². The maximum Gasteiger partial charge on any atom is 0.255 e. The van der Waals surface area contributed by atoms with Gasteiger partial charge in [-0.25, -0.2) is 4.98 Å². The summed E-state index contributed by atoms with van der Waals surface area (Å²) in [5.41, 5.74) is 2.35. The minimum Gasteiger partial charge on any atom is -0.322 e. The molecule has 0 spiro atoms. The highest BCUT2D eigenvalue weighted by molar-refractivity contribution is 9.10. The zero-order valence-electron chi connectivity index (χ0n) is 12.8. The number of nitrogens with one attached hydrogen (secondary N) is 2. The lowest BCUT2D eigenvalue weighted by molar-refractivity contribution is 0.102. The first-order chi connectivity index (χ1) is 11.5. The molecule has 6 heteroatoms. The van der Waals surface area contributed by atoms with Gasteiger partial charge < -0.3 is 10.3 Å². The maximum absolute atomic E-state index is 12.3. The third-order valence-corrected chi connectivity index (χ3v) is 3.90. The first-order valence-corrected chi connectivity index (χ1v) is 8.06. The van der Waals surface area contributed by atoms with Crippen LogP contribution in [0.2, 0.25) is 0 Å². The van der Waals surface area contributed by atoms with Crippen LogP contribution in [0.4, 0.5) is 5.69 Å². The van der Waals surface area contributed by atoms with E-state index in [0.717, 1.165) is 10.0 Å². The van der Waals surface area contributed by atoms with E-state index >= 15 is 0 Å². The Labute approximate surface area is 146 Å². The van der Waals surface area contributed by atoms with E-state index in [1.165, 1.54) is 6.07 Å². The van der Waals surface area contributed by atoms with Gasteiger partial charge in [-0.3, -0.25) is 9.59 Å². The molecule has 3 aromatic rings. The van der Waals surface area contributed by atoms with Crippen LogP contribution in [0.25, 0.3) is 11.4 Å². The van der Waals surface area contributed by atoms with Crippen LogP contribution >= 0.6 is 15.9 Å². The first-order valence-electron chi connectivity index (χ1n) is 7.26. The van der Waals surface area contributed by atoms with Gasteiger partial charge in [-0.2, -0.15) is 0 Å². The molecular weight excluding hydrogens is 370 g/mol. The summed E-state index contributed by atoms with van der Waals surface area (Å²) >= 11 is 3.34. The summed E-state index contributed by atoms with van der Waals surface area (Å²) in [4.78, 5) is 30.9. The van der Waals surface area contributed by atoms with E-state index in [9.17, 15) is 9.59 Å². The normalized spacial score (nSPS) is 10.4. The number of benzene rings is 2. The maximum atomic E-state index is 12.3. The van der Waals surface area contributed by atoms with Gasteiger partial charge in [0.1, 0.15) is 5.82 Å². The lowest BCUT2D eigenvalue weighted by Gasteiger charge is -2.08. The summed E-state index contributed by atoms with van der Waals surface area (Å²) in [6, 6.07) is 15.7. The third-order valence-electron chi connectivity index (χ3n) is 3.37. The van der Waals surface area contributed by atoms with Crippen LogP contribution in [-0.4, -0.2) is 15.9 Å². The lowest BCUT2D eigenvalue weighted by atomic mass is 10.1.